The Morgan fingerprint density at radius 2 is 2.32 bits per heavy atom. The third-order valence-electron chi connectivity index (χ3n) is 4.08. The third kappa shape index (κ3) is 2.81. The molecule has 104 valence electrons. The second kappa shape index (κ2) is 5.33. The molecular weight excluding hydrogens is 242 g/mol. The Kier molecular flexibility index (Phi) is 3.55. The first-order chi connectivity index (χ1) is 9.28. The highest BCUT2D eigenvalue weighted by atomic mass is 16.5. The van der Waals surface area contributed by atoms with Crippen molar-refractivity contribution in [2.45, 2.75) is 50.6 Å². The van der Waals surface area contributed by atoms with Gasteiger partial charge in [0.1, 0.15) is 5.76 Å². The zero-order valence-corrected chi connectivity index (χ0v) is 11.4. The van der Waals surface area contributed by atoms with E-state index in [9.17, 15) is 4.79 Å². The van der Waals surface area contributed by atoms with Gasteiger partial charge in [0.2, 0.25) is 5.91 Å². The van der Waals surface area contributed by atoms with Gasteiger partial charge in [-0.05, 0) is 32.2 Å². The fourth-order valence-electron chi connectivity index (χ4n) is 2.81. The summed E-state index contributed by atoms with van der Waals surface area (Å²) >= 11 is 0. The van der Waals surface area contributed by atoms with E-state index in [1.807, 2.05) is 0 Å². The molecule has 1 N–H and O–H groups in total. The number of rotatable bonds is 4. The molecule has 5 heteroatoms. The fourth-order valence-corrected chi connectivity index (χ4v) is 2.81. The predicted octanol–water partition coefficient (Wildman–Crippen LogP) is 1.65. The number of aromatic nitrogens is 1. The summed E-state index contributed by atoms with van der Waals surface area (Å²) in [4.78, 5) is 14.1. The summed E-state index contributed by atoms with van der Waals surface area (Å²) in [5.74, 6) is 1.73. The Morgan fingerprint density at radius 1 is 1.47 bits per heavy atom. The molecule has 1 amide bonds. The SMILES string of the molecule is CNC(=O)C1CCCCN1Cc1cc(C2CC2)on1. The lowest BCUT2D eigenvalue weighted by Crippen LogP contribution is -2.48. The van der Waals surface area contributed by atoms with Gasteiger partial charge in [0, 0.05) is 25.6 Å². The lowest BCUT2D eigenvalue weighted by Gasteiger charge is -2.33. The highest BCUT2D eigenvalue weighted by molar-refractivity contribution is 5.81. The minimum absolute atomic E-state index is 0.0141. The maximum atomic E-state index is 11.9. The minimum atomic E-state index is -0.0141. The zero-order chi connectivity index (χ0) is 13.2. The molecule has 19 heavy (non-hydrogen) atoms. The molecule has 2 heterocycles. The zero-order valence-electron chi connectivity index (χ0n) is 11.4. The Labute approximate surface area is 113 Å². The maximum Gasteiger partial charge on any atom is 0.237 e. The number of hydrogen-bond donors (Lipinski definition) is 1. The van der Waals surface area contributed by atoms with E-state index < -0.39 is 0 Å². The van der Waals surface area contributed by atoms with Crippen LogP contribution in [0.15, 0.2) is 10.6 Å². The number of hydrogen-bond acceptors (Lipinski definition) is 4. The molecule has 1 unspecified atom stereocenters. The van der Waals surface area contributed by atoms with Crippen LogP contribution in [0.2, 0.25) is 0 Å². The maximum absolute atomic E-state index is 11.9. The van der Waals surface area contributed by atoms with E-state index in [1.54, 1.807) is 7.05 Å². The quantitative estimate of drug-likeness (QED) is 0.897. The molecule has 3 rings (SSSR count). The van der Waals surface area contributed by atoms with Crippen LogP contribution < -0.4 is 5.32 Å². The molecule has 0 bridgehead atoms. The van der Waals surface area contributed by atoms with E-state index >= 15 is 0 Å². The molecule has 2 fully saturated rings. The monoisotopic (exact) mass is 263 g/mol. The number of carbonyl (C=O) groups is 1. The van der Waals surface area contributed by atoms with Crippen molar-refractivity contribution in [2.75, 3.05) is 13.6 Å². The second-order valence-corrected chi connectivity index (χ2v) is 5.59. The van der Waals surface area contributed by atoms with Crippen molar-refractivity contribution in [3.63, 3.8) is 0 Å². The van der Waals surface area contributed by atoms with Gasteiger partial charge >= 0.3 is 0 Å². The number of carbonyl (C=O) groups excluding carboxylic acids is 1. The van der Waals surface area contributed by atoms with Crippen molar-refractivity contribution in [3.8, 4) is 0 Å². The normalized spacial score (nSPS) is 24.4. The molecule has 1 saturated heterocycles. The van der Waals surface area contributed by atoms with Crippen LogP contribution in [0.25, 0.3) is 0 Å². The number of likely N-dealkylation sites (tertiary alicyclic amines) is 1. The van der Waals surface area contributed by atoms with Gasteiger partial charge in [-0.3, -0.25) is 9.69 Å². The largest absolute Gasteiger partial charge is 0.361 e. The molecule has 0 radical (unpaired) electrons. The van der Waals surface area contributed by atoms with Crippen LogP contribution in [-0.4, -0.2) is 35.6 Å². The topological polar surface area (TPSA) is 58.4 Å². The van der Waals surface area contributed by atoms with E-state index in [0.29, 0.717) is 12.5 Å². The lowest BCUT2D eigenvalue weighted by molar-refractivity contribution is -0.127. The van der Waals surface area contributed by atoms with Crippen LogP contribution in [0, 0.1) is 0 Å². The number of nitrogens with one attached hydrogen (secondary N) is 1. The first-order valence-corrected chi connectivity index (χ1v) is 7.19. The highest BCUT2D eigenvalue weighted by Crippen LogP contribution is 2.40. The van der Waals surface area contributed by atoms with E-state index in [1.165, 1.54) is 12.8 Å². The summed E-state index contributed by atoms with van der Waals surface area (Å²) in [5.41, 5.74) is 0.956. The van der Waals surface area contributed by atoms with Gasteiger partial charge in [0.25, 0.3) is 0 Å². The van der Waals surface area contributed by atoms with E-state index in [-0.39, 0.29) is 11.9 Å². The van der Waals surface area contributed by atoms with Crippen LogP contribution in [0.4, 0.5) is 0 Å². The van der Waals surface area contributed by atoms with Crippen LogP contribution in [0.5, 0.6) is 0 Å². The molecular formula is C14H21N3O2. The molecule has 1 aliphatic carbocycles. The van der Waals surface area contributed by atoms with Crippen molar-refractivity contribution >= 4 is 5.91 Å². The van der Waals surface area contributed by atoms with Crippen LogP contribution in [-0.2, 0) is 11.3 Å². The van der Waals surface area contributed by atoms with Crippen molar-refractivity contribution < 1.29 is 9.32 Å². The molecule has 1 aliphatic heterocycles. The van der Waals surface area contributed by atoms with Gasteiger partial charge in [-0.2, -0.15) is 0 Å². The molecule has 1 aromatic rings. The summed E-state index contributed by atoms with van der Waals surface area (Å²) in [6.45, 7) is 1.68. The molecule has 5 nitrogen and oxygen atoms in total. The third-order valence-corrected chi connectivity index (χ3v) is 4.08. The summed E-state index contributed by atoms with van der Waals surface area (Å²) in [6.07, 6.45) is 5.66. The number of likely N-dealkylation sites (N-methyl/N-ethyl adjacent to an activating group) is 1. The van der Waals surface area contributed by atoms with E-state index in [4.69, 9.17) is 4.52 Å². The fraction of sp³-hybridized carbons (Fsp3) is 0.714. The van der Waals surface area contributed by atoms with Crippen molar-refractivity contribution in [1.29, 1.82) is 0 Å². The Balaban J connectivity index is 1.66. The van der Waals surface area contributed by atoms with Gasteiger partial charge in [-0.1, -0.05) is 11.6 Å². The standard InChI is InChI=1S/C14H21N3O2/c1-15-14(18)12-4-2-3-7-17(12)9-11-8-13(19-16-11)10-5-6-10/h8,10,12H,2-7,9H2,1H3,(H,15,18). The Morgan fingerprint density at radius 3 is 3.05 bits per heavy atom. The smallest absolute Gasteiger partial charge is 0.237 e. The van der Waals surface area contributed by atoms with Gasteiger partial charge in [-0.15, -0.1) is 0 Å². The predicted molar refractivity (Wildman–Crippen MR) is 70.6 cm³/mol. The average molecular weight is 263 g/mol. The van der Waals surface area contributed by atoms with Crippen LogP contribution in [0.1, 0.15) is 49.5 Å². The summed E-state index contributed by atoms with van der Waals surface area (Å²) < 4.78 is 5.37. The first-order valence-electron chi connectivity index (χ1n) is 7.19. The summed E-state index contributed by atoms with van der Waals surface area (Å²) in [5, 5.41) is 6.90. The Bertz CT molecular complexity index is 453. The van der Waals surface area contributed by atoms with E-state index in [0.717, 1.165) is 37.3 Å². The molecule has 0 spiro atoms. The summed E-state index contributed by atoms with van der Waals surface area (Å²) in [6, 6.07) is 2.05. The van der Waals surface area contributed by atoms with E-state index in [2.05, 4.69) is 21.4 Å². The molecule has 2 aliphatic rings. The molecule has 1 atom stereocenters. The molecule has 1 saturated carbocycles. The van der Waals surface area contributed by atoms with Gasteiger partial charge in [0.15, 0.2) is 0 Å². The van der Waals surface area contributed by atoms with Gasteiger partial charge < -0.3 is 9.84 Å². The lowest BCUT2D eigenvalue weighted by atomic mass is 10.0. The first kappa shape index (κ1) is 12.7. The summed E-state index contributed by atoms with van der Waals surface area (Å²) in [7, 11) is 1.70. The van der Waals surface area contributed by atoms with Crippen molar-refractivity contribution in [3.05, 3.63) is 17.5 Å². The molecule has 0 aromatic carbocycles. The molecule has 1 aromatic heterocycles. The van der Waals surface area contributed by atoms with Crippen LogP contribution >= 0.6 is 0 Å². The average Bonchev–Trinajstić information content (AvgIpc) is 3.19. The number of piperidine rings is 1. The minimum Gasteiger partial charge on any atom is -0.361 e. The number of nitrogens with zero attached hydrogens (tertiary/aromatic N) is 2. The highest BCUT2D eigenvalue weighted by Gasteiger charge is 2.30. The van der Waals surface area contributed by atoms with Crippen molar-refractivity contribution in [2.24, 2.45) is 0 Å². The second-order valence-electron chi connectivity index (χ2n) is 5.59. The Hall–Kier alpha value is -1.36. The van der Waals surface area contributed by atoms with Gasteiger partial charge in [0.05, 0.1) is 11.7 Å². The van der Waals surface area contributed by atoms with Crippen LogP contribution in [0.3, 0.4) is 0 Å². The number of amides is 1. The van der Waals surface area contributed by atoms with Gasteiger partial charge in [-0.25, -0.2) is 0 Å². The van der Waals surface area contributed by atoms with Crippen molar-refractivity contribution in [1.82, 2.24) is 15.4 Å².